The van der Waals surface area contributed by atoms with Crippen molar-refractivity contribution >= 4 is 16.9 Å². The van der Waals surface area contributed by atoms with Crippen molar-refractivity contribution < 1.29 is 9.53 Å². The van der Waals surface area contributed by atoms with Gasteiger partial charge in [0.25, 0.3) is 11.5 Å². The molecule has 2 aliphatic rings. The molecule has 0 spiro atoms. The van der Waals surface area contributed by atoms with Crippen LogP contribution in [0.1, 0.15) is 66.6 Å². The summed E-state index contributed by atoms with van der Waals surface area (Å²) in [6.07, 6.45) is 6.78. The molecule has 2 N–H and O–H groups in total. The molecule has 0 saturated heterocycles. The van der Waals surface area contributed by atoms with Crippen LogP contribution in [-0.4, -0.2) is 32.0 Å². The second-order valence-electron chi connectivity index (χ2n) is 8.92. The molecule has 9 heteroatoms. The fourth-order valence-corrected chi connectivity index (χ4v) is 3.86. The van der Waals surface area contributed by atoms with Gasteiger partial charge in [0.05, 0.1) is 17.6 Å². The van der Waals surface area contributed by atoms with Crippen LogP contribution < -0.4 is 21.3 Å². The molecule has 172 valence electrons. The Morgan fingerprint density at radius 1 is 1.24 bits per heavy atom. The molecule has 9 nitrogen and oxygen atoms in total. The van der Waals surface area contributed by atoms with E-state index in [1.807, 2.05) is 13.0 Å². The summed E-state index contributed by atoms with van der Waals surface area (Å²) in [4.78, 5) is 49.5. The predicted octanol–water partition coefficient (Wildman–Crippen LogP) is 2.49. The van der Waals surface area contributed by atoms with E-state index in [-0.39, 0.29) is 35.0 Å². The third-order valence-corrected chi connectivity index (χ3v) is 6.07. The third-order valence-electron chi connectivity index (χ3n) is 6.07. The van der Waals surface area contributed by atoms with Crippen LogP contribution in [0.5, 0.6) is 5.88 Å². The zero-order valence-corrected chi connectivity index (χ0v) is 18.6. The quantitative estimate of drug-likeness (QED) is 0.518. The number of aryl methyl sites for hydroxylation is 1. The maximum absolute atomic E-state index is 13.2. The van der Waals surface area contributed by atoms with E-state index in [2.05, 4.69) is 20.3 Å². The van der Waals surface area contributed by atoms with Crippen molar-refractivity contribution in [2.75, 3.05) is 6.61 Å². The molecule has 0 radical (unpaired) electrons. The monoisotopic (exact) mass is 449 g/mol. The molecule has 2 saturated carbocycles. The van der Waals surface area contributed by atoms with Crippen LogP contribution in [0.25, 0.3) is 11.0 Å². The summed E-state index contributed by atoms with van der Waals surface area (Å²) in [6, 6.07) is 5.35. The molecular weight excluding hydrogens is 422 g/mol. The van der Waals surface area contributed by atoms with E-state index in [0.717, 1.165) is 24.1 Å². The number of nitrogens with one attached hydrogen (secondary N) is 2. The molecule has 0 atom stereocenters. The van der Waals surface area contributed by atoms with Crippen molar-refractivity contribution in [3.05, 3.63) is 62.1 Å². The molecule has 5 rings (SSSR count). The number of aromatic amines is 1. The van der Waals surface area contributed by atoms with Gasteiger partial charge in [-0.25, -0.2) is 14.8 Å². The Bertz CT molecular complexity index is 1300. The summed E-state index contributed by atoms with van der Waals surface area (Å²) in [5.41, 5.74) is 0.989. The van der Waals surface area contributed by atoms with Gasteiger partial charge in [0.1, 0.15) is 0 Å². The van der Waals surface area contributed by atoms with Gasteiger partial charge in [-0.1, -0.05) is 13.0 Å². The number of aromatic nitrogens is 4. The van der Waals surface area contributed by atoms with Gasteiger partial charge < -0.3 is 10.1 Å². The standard InChI is InChI=1S/C24H27N5O4/c1-2-9-29-21-20(23(31)28-24(29)32)17(10-18(27-21)16-6-7-16)22(30)26-12-15-5-8-19(25-11-15)33-13-14-3-4-14/h5,8,10-11,14,16H,2-4,6-7,9,12-13H2,1H3,(H,26,30)(H,28,31,32). The number of nitrogens with zero attached hydrogens (tertiary/aromatic N) is 3. The zero-order chi connectivity index (χ0) is 22.9. The number of hydrogen-bond donors (Lipinski definition) is 2. The van der Waals surface area contributed by atoms with Crippen LogP contribution in [0.15, 0.2) is 34.0 Å². The summed E-state index contributed by atoms with van der Waals surface area (Å²) >= 11 is 0. The molecule has 0 aliphatic heterocycles. The van der Waals surface area contributed by atoms with E-state index in [4.69, 9.17) is 4.74 Å². The normalized spacial score (nSPS) is 15.5. The molecule has 0 unspecified atom stereocenters. The van der Waals surface area contributed by atoms with E-state index in [0.29, 0.717) is 31.4 Å². The van der Waals surface area contributed by atoms with Crippen LogP contribution in [0.4, 0.5) is 0 Å². The van der Waals surface area contributed by atoms with Crippen molar-refractivity contribution in [1.29, 1.82) is 0 Å². The van der Waals surface area contributed by atoms with Gasteiger partial charge in [-0.15, -0.1) is 0 Å². The lowest BCUT2D eigenvalue weighted by Crippen LogP contribution is -2.33. The fraction of sp³-hybridized carbons (Fsp3) is 0.458. The summed E-state index contributed by atoms with van der Waals surface area (Å²) < 4.78 is 7.10. The van der Waals surface area contributed by atoms with Gasteiger partial charge in [0.2, 0.25) is 5.88 Å². The number of carbonyl (C=O) groups is 1. The molecule has 3 aromatic heterocycles. The highest BCUT2D eigenvalue weighted by Gasteiger charge is 2.28. The molecular formula is C24H27N5O4. The summed E-state index contributed by atoms with van der Waals surface area (Å²) in [5.74, 6) is 1.10. The van der Waals surface area contributed by atoms with Gasteiger partial charge in [-0.3, -0.25) is 19.1 Å². The van der Waals surface area contributed by atoms with Crippen molar-refractivity contribution in [1.82, 2.24) is 24.8 Å². The van der Waals surface area contributed by atoms with Crippen molar-refractivity contribution in [3.63, 3.8) is 0 Å². The van der Waals surface area contributed by atoms with E-state index in [9.17, 15) is 14.4 Å². The number of hydrogen-bond acceptors (Lipinski definition) is 6. The van der Waals surface area contributed by atoms with E-state index < -0.39 is 11.2 Å². The Kier molecular flexibility index (Phi) is 5.70. The lowest BCUT2D eigenvalue weighted by Gasteiger charge is -2.13. The zero-order valence-electron chi connectivity index (χ0n) is 18.6. The number of amides is 1. The van der Waals surface area contributed by atoms with Crippen LogP contribution in [0.2, 0.25) is 0 Å². The Balaban J connectivity index is 1.41. The minimum absolute atomic E-state index is 0.145. The fourth-order valence-electron chi connectivity index (χ4n) is 3.86. The summed E-state index contributed by atoms with van der Waals surface area (Å²) in [6.45, 7) is 3.30. The minimum Gasteiger partial charge on any atom is -0.477 e. The van der Waals surface area contributed by atoms with Crippen LogP contribution in [0, 0.1) is 5.92 Å². The average molecular weight is 450 g/mol. The molecule has 0 bridgehead atoms. The number of rotatable bonds is 9. The maximum Gasteiger partial charge on any atom is 0.329 e. The number of pyridine rings is 2. The van der Waals surface area contributed by atoms with Gasteiger partial charge >= 0.3 is 5.69 Å². The topological polar surface area (TPSA) is 119 Å². The minimum atomic E-state index is -0.596. The first kappa shape index (κ1) is 21.4. The lowest BCUT2D eigenvalue weighted by molar-refractivity contribution is 0.0952. The highest BCUT2D eigenvalue weighted by atomic mass is 16.5. The van der Waals surface area contributed by atoms with Crippen LogP contribution >= 0.6 is 0 Å². The predicted molar refractivity (Wildman–Crippen MR) is 123 cm³/mol. The Hall–Kier alpha value is -3.49. The van der Waals surface area contributed by atoms with E-state index in [1.165, 1.54) is 17.4 Å². The van der Waals surface area contributed by atoms with E-state index >= 15 is 0 Å². The largest absolute Gasteiger partial charge is 0.477 e. The SMILES string of the molecule is CCCn1c(=O)[nH]c(=O)c2c(C(=O)NCc3ccc(OCC4CC4)nc3)cc(C3CC3)nc21. The average Bonchev–Trinajstić information content (AvgIpc) is 3.72. The highest BCUT2D eigenvalue weighted by molar-refractivity contribution is 6.05. The second-order valence-corrected chi connectivity index (χ2v) is 8.92. The molecule has 1 amide bonds. The Morgan fingerprint density at radius 3 is 2.73 bits per heavy atom. The highest BCUT2D eigenvalue weighted by Crippen LogP contribution is 2.39. The molecule has 33 heavy (non-hydrogen) atoms. The summed E-state index contributed by atoms with van der Waals surface area (Å²) in [7, 11) is 0. The van der Waals surface area contributed by atoms with Crippen molar-refractivity contribution in [2.45, 2.75) is 58.0 Å². The second kappa shape index (κ2) is 8.80. The third kappa shape index (κ3) is 4.67. The summed E-state index contributed by atoms with van der Waals surface area (Å²) in [5, 5.41) is 3.02. The Morgan fingerprint density at radius 2 is 2.06 bits per heavy atom. The molecule has 2 aliphatic carbocycles. The number of fused-ring (bicyclic) bond motifs is 1. The lowest BCUT2D eigenvalue weighted by atomic mass is 10.1. The van der Waals surface area contributed by atoms with Crippen LogP contribution in [0.3, 0.4) is 0 Å². The van der Waals surface area contributed by atoms with Gasteiger partial charge in [0, 0.05) is 37.0 Å². The smallest absolute Gasteiger partial charge is 0.329 e. The van der Waals surface area contributed by atoms with Gasteiger partial charge in [-0.2, -0.15) is 0 Å². The van der Waals surface area contributed by atoms with Crippen molar-refractivity contribution in [3.8, 4) is 5.88 Å². The maximum atomic E-state index is 13.2. The molecule has 2 fully saturated rings. The number of H-pyrrole nitrogens is 1. The number of carbonyl (C=O) groups excluding carboxylic acids is 1. The van der Waals surface area contributed by atoms with Gasteiger partial charge in [-0.05, 0) is 49.7 Å². The van der Waals surface area contributed by atoms with Crippen molar-refractivity contribution in [2.24, 2.45) is 5.92 Å². The van der Waals surface area contributed by atoms with Gasteiger partial charge in [0.15, 0.2) is 5.65 Å². The molecule has 0 aromatic carbocycles. The number of ether oxygens (including phenoxy) is 1. The first-order chi connectivity index (χ1) is 16.0. The molecule has 3 heterocycles. The van der Waals surface area contributed by atoms with Crippen LogP contribution in [-0.2, 0) is 13.1 Å². The Labute approximate surface area is 190 Å². The first-order valence-electron chi connectivity index (χ1n) is 11.6. The first-order valence-corrected chi connectivity index (χ1v) is 11.6. The molecule has 3 aromatic rings. The van der Waals surface area contributed by atoms with E-state index in [1.54, 1.807) is 18.3 Å².